The third kappa shape index (κ3) is 10.9. The predicted molar refractivity (Wildman–Crippen MR) is 153 cm³/mol. The van der Waals surface area contributed by atoms with Gasteiger partial charge in [0.15, 0.2) is 0 Å². The van der Waals surface area contributed by atoms with E-state index in [0.717, 1.165) is 25.7 Å². The highest BCUT2D eigenvalue weighted by Crippen LogP contribution is 2.22. The first-order valence-corrected chi connectivity index (χ1v) is 14.9. The maximum atomic E-state index is 13.8. The van der Waals surface area contributed by atoms with Gasteiger partial charge in [0.2, 0.25) is 17.7 Å². The van der Waals surface area contributed by atoms with Crippen molar-refractivity contribution in [3.63, 3.8) is 0 Å². The fourth-order valence-electron chi connectivity index (χ4n) is 4.89. The molecule has 3 amide bonds. The molecule has 9 heteroatoms. The number of rotatable bonds is 12. The summed E-state index contributed by atoms with van der Waals surface area (Å²) in [7, 11) is 0. The number of nitrogens with one attached hydrogen (secondary N) is 3. The van der Waals surface area contributed by atoms with Crippen molar-refractivity contribution in [2.24, 2.45) is 11.8 Å². The molecule has 8 nitrogen and oxygen atoms in total. The lowest BCUT2D eigenvalue weighted by atomic mass is 9.93. The van der Waals surface area contributed by atoms with Crippen molar-refractivity contribution in [2.75, 3.05) is 0 Å². The lowest BCUT2D eigenvalue weighted by molar-refractivity contribution is -0.158. The summed E-state index contributed by atoms with van der Waals surface area (Å²) in [6.07, 6.45) is 7.33. The van der Waals surface area contributed by atoms with E-state index in [-0.39, 0.29) is 24.7 Å². The number of ether oxygens (including phenoxy) is 1. The van der Waals surface area contributed by atoms with Gasteiger partial charge >= 0.3 is 5.97 Å². The minimum Gasteiger partial charge on any atom is -0.460 e. The highest BCUT2D eigenvalue weighted by atomic mass is 19.1. The number of benzene rings is 1. The van der Waals surface area contributed by atoms with Gasteiger partial charge < -0.3 is 20.7 Å². The van der Waals surface area contributed by atoms with E-state index in [0.29, 0.717) is 12.0 Å². The Morgan fingerprint density at radius 1 is 0.925 bits per heavy atom. The van der Waals surface area contributed by atoms with E-state index in [1.807, 2.05) is 20.8 Å². The first kappa shape index (κ1) is 33.2. The van der Waals surface area contributed by atoms with Crippen LogP contribution in [0.2, 0.25) is 0 Å². The Balaban J connectivity index is 2.30. The van der Waals surface area contributed by atoms with Crippen LogP contribution in [0, 0.1) is 17.7 Å². The maximum Gasteiger partial charge on any atom is 0.329 e. The molecule has 1 aliphatic heterocycles. The quantitative estimate of drug-likeness (QED) is 0.255. The van der Waals surface area contributed by atoms with Crippen molar-refractivity contribution in [2.45, 2.75) is 123 Å². The van der Waals surface area contributed by atoms with Gasteiger partial charge in [-0.1, -0.05) is 84.8 Å². The lowest BCUT2D eigenvalue weighted by Gasteiger charge is -2.29. The molecule has 2 rings (SSSR count). The minimum atomic E-state index is -1.04. The zero-order valence-electron chi connectivity index (χ0n) is 24.8. The smallest absolute Gasteiger partial charge is 0.329 e. The first-order chi connectivity index (χ1) is 19.0. The molecule has 0 radical (unpaired) electrons. The molecule has 40 heavy (non-hydrogen) atoms. The maximum absolute atomic E-state index is 13.8. The fourth-order valence-corrected chi connectivity index (χ4v) is 4.89. The van der Waals surface area contributed by atoms with Gasteiger partial charge in [0.25, 0.3) is 0 Å². The molecule has 1 fully saturated rings. The van der Waals surface area contributed by atoms with Gasteiger partial charge in [0.05, 0.1) is 6.42 Å². The molecule has 1 aromatic rings. The van der Waals surface area contributed by atoms with Crippen molar-refractivity contribution in [3.8, 4) is 0 Å². The molecule has 6 atom stereocenters. The summed E-state index contributed by atoms with van der Waals surface area (Å²) in [6, 6.07) is 2.89. The minimum absolute atomic E-state index is 0.0386. The Morgan fingerprint density at radius 2 is 1.62 bits per heavy atom. The van der Waals surface area contributed by atoms with Crippen LogP contribution < -0.4 is 16.0 Å². The van der Waals surface area contributed by atoms with Crippen LogP contribution in [-0.4, -0.2) is 47.9 Å². The van der Waals surface area contributed by atoms with Crippen LogP contribution in [0.25, 0.3) is 0 Å². The summed E-state index contributed by atoms with van der Waals surface area (Å²) < 4.78 is 19.8. The van der Waals surface area contributed by atoms with Crippen LogP contribution in [0.4, 0.5) is 4.39 Å². The van der Waals surface area contributed by atoms with Gasteiger partial charge in [0, 0.05) is 6.42 Å². The second-order valence-corrected chi connectivity index (χ2v) is 11.3. The summed E-state index contributed by atoms with van der Waals surface area (Å²) in [4.78, 5) is 52.8. The number of halogens is 1. The summed E-state index contributed by atoms with van der Waals surface area (Å²) in [5.74, 6) is -2.89. The topological polar surface area (TPSA) is 114 Å². The van der Waals surface area contributed by atoms with Crippen molar-refractivity contribution < 1.29 is 28.3 Å². The first-order valence-electron chi connectivity index (χ1n) is 14.9. The molecule has 1 saturated heterocycles. The molecule has 0 bridgehead atoms. The monoisotopic (exact) mass is 561 g/mol. The number of esters is 1. The van der Waals surface area contributed by atoms with Crippen LogP contribution in [0.3, 0.4) is 0 Å². The number of cyclic esters (lactones) is 1. The van der Waals surface area contributed by atoms with Crippen molar-refractivity contribution in [3.05, 3.63) is 35.6 Å². The SMILES string of the molecule is CCCCCCCC[C@H](C)[C@@H]1CC(=O)N[C@@H](Cc2cccc(F)c2)C(=O)N[C@@H](C)C(=O)N[C@H]([C@@H](C)CC)C(=O)O1. The Kier molecular flexibility index (Phi) is 14.1. The lowest BCUT2D eigenvalue weighted by Crippen LogP contribution is -2.55. The van der Waals surface area contributed by atoms with E-state index in [2.05, 4.69) is 22.9 Å². The van der Waals surface area contributed by atoms with Gasteiger partial charge in [-0.15, -0.1) is 0 Å². The number of carbonyl (C=O) groups is 4. The van der Waals surface area contributed by atoms with E-state index >= 15 is 0 Å². The number of unbranched alkanes of at least 4 members (excludes halogenated alkanes) is 5. The van der Waals surface area contributed by atoms with Gasteiger partial charge in [0.1, 0.15) is 30.0 Å². The Morgan fingerprint density at radius 3 is 2.30 bits per heavy atom. The van der Waals surface area contributed by atoms with Crippen LogP contribution in [0.15, 0.2) is 24.3 Å². The highest BCUT2D eigenvalue weighted by molar-refractivity contribution is 5.94. The van der Waals surface area contributed by atoms with E-state index in [4.69, 9.17) is 4.74 Å². The molecule has 0 saturated carbocycles. The molecular formula is C31H48FN3O5. The summed E-state index contributed by atoms with van der Waals surface area (Å²) in [5, 5.41) is 8.14. The van der Waals surface area contributed by atoms with E-state index in [9.17, 15) is 23.6 Å². The average Bonchev–Trinajstić information content (AvgIpc) is 2.91. The van der Waals surface area contributed by atoms with E-state index in [1.54, 1.807) is 6.07 Å². The molecule has 0 aliphatic carbocycles. The van der Waals surface area contributed by atoms with E-state index in [1.165, 1.54) is 44.4 Å². The van der Waals surface area contributed by atoms with E-state index < -0.39 is 53.7 Å². The third-order valence-corrected chi connectivity index (χ3v) is 7.80. The molecule has 3 N–H and O–H groups in total. The molecule has 0 spiro atoms. The average molecular weight is 562 g/mol. The van der Waals surface area contributed by atoms with Crippen molar-refractivity contribution in [1.82, 2.24) is 16.0 Å². The molecule has 1 heterocycles. The molecular weight excluding hydrogens is 513 g/mol. The fraction of sp³-hybridized carbons (Fsp3) is 0.677. The Hall–Kier alpha value is -2.97. The van der Waals surface area contributed by atoms with Crippen molar-refractivity contribution >= 4 is 23.7 Å². The molecule has 0 unspecified atom stereocenters. The number of amides is 3. The number of hydrogen-bond acceptors (Lipinski definition) is 5. The predicted octanol–water partition coefficient (Wildman–Crippen LogP) is 4.59. The zero-order valence-corrected chi connectivity index (χ0v) is 24.8. The van der Waals surface area contributed by atoms with Gasteiger partial charge in [-0.2, -0.15) is 0 Å². The normalized spacial score (nSPS) is 24.4. The summed E-state index contributed by atoms with van der Waals surface area (Å²) in [5.41, 5.74) is 0.526. The van der Waals surface area contributed by atoms with Gasteiger partial charge in [-0.05, 0) is 42.9 Å². The summed E-state index contributed by atoms with van der Waals surface area (Å²) in [6.45, 7) is 9.42. The second kappa shape index (κ2) is 17.0. The highest BCUT2D eigenvalue weighted by Gasteiger charge is 2.35. The van der Waals surface area contributed by atoms with Crippen LogP contribution >= 0.6 is 0 Å². The molecule has 224 valence electrons. The third-order valence-electron chi connectivity index (χ3n) is 7.80. The Bertz CT molecular complexity index is 987. The van der Waals surface area contributed by atoms with Crippen molar-refractivity contribution in [1.29, 1.82) is 0 Å². The standard InChI is InChI=1S/C31H48FN3O5/c1-6-8-9-10-11-12-14-21(4)26-19-27(36)34-25(18-23-15-13-16-24(32)17-23)30(38)33-22(5)29(37)35-28(20(3)7-2)31(39)40-26/h13,15-17,20-22,25-26,28H,6-12,14,18-19H2,1-5H3,(H,33,38)(H,34,36)(H,35,37)/t20-,21-,22-,25-,26-,28+/m0/s1. The largest absolute Gasteiger partial charge is 0.460 e. The Labute approximate surface area is 238 Å². The van der Waals surface area contributed by atoms with Crippen LogP contribution in [0.5, 0.6) is 0 Å². The second-order valence-electron chi connectivity index (χ2n) is 11.3. The zero-order chi connectivity index (χ0) is 29.7. The van der Waals surface area contributed by atoms with Gasteiger partial charge in [-0.3, -0.25) is 14.4 Å². The number of carbonyl (C=O) groups excluding carboxylic acids is 4. The van der Waals surface area contributed by atoms with Gasteiger partial charge in [-0.25, -0.2) is 9.18 Å². The van der Waals surface area contributed by atoms with Crippen LogP contribution in [0.1, 0.15) is 98.0 Å². The molecule has 0 aromatic heterocycles. The van der Waals surface area contributed by atoms with Crippen LogP contribution in [-0.2, 0) is 30.3 Å². The molecule has 1 aliphatic rings. The molecule has 1 aromatic carbocycles. The number of hydrogen-bond donors (Lipinski definition) is 3. The summed E-state index contributed by atoms with van der Waals surface area (Å²) >= 11 is 0.